The molecule has 1 saturated heterocycles. The Balaban J connectivity index is 1.34. The minimum absolute atomic E-state index is 0.0917. The third-order valence-corrected chi connectivity index (χ3v) is 4.88. The lowest BCUT2D eigenvalue weighted by Gasteiger charge is -2.34. The predicted molar refractivity (Wildman–Crippen MR) is 103 cm³/mol. The molecule has 0 aliphatic carbocycles. The molecule has 9 nitrogen and oxygen atoms in total. The molecule has 1 aliphatic rings. The number of carbonyl (C=O) groups is 1. The fourth-order valence-corrected chi connectivity index (χ4v) is 3.37. The molecule has 158 valence electrons. The number of aryl methyl sites for hydroxylation is 1. The summed E-state index contributed by atoms with van der Waals surface area (Å²) in [6, 6.07) is 4.60. The van der Waals surface area contributed by atoms with Gasteiger partial charge in [0.1, 0.15) is 6.33 Å². The normalized spacial score (nSPS) is 15.5. The topological polar surface area (TPSA) is 92.1 Å². The molecule has 1 N–H and O–H groups in total. The van der Waals surface area contributed by atoms with Gasteiger partial charge in [-0.3, -0.25) is 9.69 Å². The van der Waals surface area contributed by atoms with Crippen LogP contribution in [0.3, 0.4) is 0 Å². The van der Waals surface area contributed by atoms with E-state index >= 15 is 0 Å². The van der Waals surface area contributed by atoms with Crippen molar-refractivity contribution >= 4 is 28.6 Å². The van der Waals surface area contributed by atoms with E-state index in [1.165, 1.54) is 18.5 Å². The second kappa shape index (κ2) is 7.86. The Hall–Kier alpha value is -3.28. The molecule has 1 fully saturated rings. The van der Waals surface area contributed by atoms with E-state index in [2.05, 4.69) is 30.5 Å². The molecule has 0 radical (unpaired) electrons. The highest BCUT2D eigenvalue weighted by molar-refractivity contribution is 5.92. The average molecular weight is 420 g/mol. The van der Waals surface area contributed by atoms with Gasteiger partial charge < -0.3 is 10.2 Å². The third-order valence-electron chi connectivity index (χ3n) is 4.88. The van der Waals surface area contributed by atoms with E-state index in [4.69, 9.17) is 0 Å². The zero-order valence-corrected chi connectivity index (χ0v) is 16.1. The van der Waals surface area contributed by atoms with Crippen LogP contribution in [0.1, 0.15) is 5.56 Å². The van der Waals surface area contributed by atoms with E-state index in [1.807, 2.05) is 4.90 Å². The van der Waals surface area contributed by atoms with Gasteiger partial charge in [0, 0.05) is 38.9 Å². The number of piperazine rings is 1. The minimum Gasteiger partial charge on any atom is -0.352 e. The Morgan fingerprint density at radius 1 is 1.17 bits per heavy atom. The predicted octanol–water partition coefficient (Wildman–Crippen LogP) is 1.54. The molecule has 30 heavy (non-hydrogen) atoms. The van der Waals surface area contributed by atoms with Crippen LogP contribution in [-0.2, 0) is 18.0 Å². The first-order chi connectivity index (χ1) is 14.3. The molecule has 1 amide bonds. The van der Waals surface area contributed by atoms with Crippen LogP contribution in [0.25, 0.3) is 11.2 Å². The second-order valence-corrected chi connectivity index (χ2v) is 6.97. The van der Waals surface area contributed by atoms with Gasteiger partial charge in [-0.1, -0.05) is 11.3 Å². The Morgan fingerprint density at radius 2 is 1.93 bits per heavy atom. The van der Waals surface area contributed by atoms with E-state index in [1.54, 1.807) is 11.7 Å². The quantitative estimate of drug-likeness (QED) is 0.685. The van der Waals surface area contributed by atoms with Gasteiger partial charge in [0.15, 0.2) is 17.0 Å². The van der Waals surface area contributed by atoms with Gasteiger partial charge in [0.05, 0.1) is 12.1 Å². The maximum absolute atomic E-state index is 12.8. The largest absolute Gasteiger partial charge is 0.416 e. The van der Waals surface area contributed by atoms with Gasteiger partial charge in [-0.05, 0) is 18.2 Å². The molecule has 1 aliphatic heterocycles. The number of aromatic nitrogens is 5. The summed E-state index contributed by atoms with van der Waals surface area (Å²) >= 11 is 0. The van der Waals surface area contributed by atoms with Crippen LogP contribution in [0.5, 0.6) is 0 Å². The van der Waals surface area contributed by atoms with Crippen LogP contribution in [-0.4, -0.2) is 68.5 Å². The SMILES string of the molecule is Cn1nnc2c(N3CCN(CC(=O)Nc4cccc(C(F)(F)F)c4)CC3)ncnc21. The molecular formula is C18H19F3N8O. The van der Waals surface area contributed by atoms with E-state index in [9.17, 15) is 18.0 Å². The molecule has 0 saturated carbocycles. The molecule has 3 aromatic rings. The van der Waals surface area contributed by atoms with Crippen LogP contribution in [0, 0.1) is 0 Å². The van der Waals surface area contributed by atoms with Gasteiger partial charge in [0.25, 0.3) is 0 Å². The van der Waals surface area contributed by atoms with Crippen molar-refractivity contribution in [2.24, 2.45) is 7.05 Å². The van der Waals surface area contributed by atoms with Crippen molar-refractivity contribution in [2.75, 3.05) is 42.9 Å². The van der Waals surface area contributed by atoms with Crippen molar-refractivity contribution in [3.8, 4) is 0 Å². The van der Waals surface area contributed by atoms with Crippen LogP contribution in [0.4, 0.5) is 24.7 Å². The number of benzene rings is 1. The third kappa shape index (κ3) is 4.17. The lowest BCUT2D eigenvalue weighted by molar-refractivity contribution is -0.137. The molecule has 0 bridgehead atoms. The standard InChI is InChI=1S/C18H19F3N8O/c1-27-16-15(25-26-27)17(23-11-22-16)29-7-5-28(6-8-29)10-14(30)24-13-4-2-3-12(9-13)18(19,20)21/h2-4,9,11H,5-8,10H2,1H3,(H,24,30). The fraction of sp³-hybridized carbons (Fsp3) is 0.389. The Bertz CT molecular complexity index is 1060. The number of alkyl halides is 3. The van der Waals surface area contributed by atoms with Crippen molar-refractivity contribution in [2.45, 2.75) is 6.18 Å². The van der Waals surface area contributed by atoms with Gasteiger partial charge in [-0.2, -0.15) is 13.2 Å². The van der Waals surface area contributed by atoms with E-state index in [0.717, 1.165) is 12.1 Å². The summed E-state index contributed by atoms with van der Waals surface area (Å²) in [5, 5.41) is 10.6. The lowest BCUT2D eigenvalue weighted by atomic mass is 10.2. The summed E-state index contributed by atoms with van der Waals surface area (Å²) in [5.41, 5.74) is 0.590. The molecule has 12 heteroatoms. The monoisotopic (exact) mass is 420 g/mol. The second-order valence-electron chi connectivity index (χ2n) is 6.97. The zero-order valence-electron chi connectivity index (χ0n) is 16.1. The first-order valence-electron chi connectivity index (χ1n) is 9.26. The van der Waals surface area contributed by atoms with E-state index < -0.39 is 11.7 Å². The van der Waals surface area contributed by atoms with E-state index in [0.29, 0.717) is 43.2 Å². The fourth-order valence-electron chi connectivity index (χ4n) is 3.37. The zero-order chi connectivity index (χ0) is 21.3. The maximum Gasteiger partial charge on any atom is 0.416 e. The Labute approximate surface area is 169 Å². The summed E-state index contributed by atoms with van der Waals surface area (Å²) in [7, 11) is 1.76. The molecule has 4 rings (SSSR count). The minimum atomic E-state index is -4.45. The van der Waals surface area contributed by atoms with Gasteiger partial charge in [0.2, 0.25) is 5.91 Å². The maximum atomic E-state index is 12.8. The Kier molecular flexibility index (Phi) is 5.24. The van der Waals surface area contributed by atoms with Gasteiger partial charge in [-0.25, -0.2) is 14.6 Å². The van der Waals surface area contributed by atoms with Crippen LogP contribution in [0.2, 0.25) is 0 Å². The lowest BCUT2D eigenvalue weighted by Crippen LogP contribution is -2.49. The van der Waals surface area contributed by atoms with Crippen LogP contribution < -0.4 is 10.2 Å². The number of fused-ring (bicyclic) bond motifs is 1. The van der Waals surface area contributed by atoms with Crippen LogP contribution in [0.15, 0.2) is 30.6 Å². The van der Waals surface area contributed by atoms with Crippen molar-refractivity contribution in [3.63, 3.8) is 0 Å². The highest BCUT2D eigenvalue weighted by Gasteiger charge is 2.30. The number of amides is 1. The molecular weight excluding hydrogens is 401 g/mol. The number of rotatable bonds is 4. The van der Waals surface area contributed by atoms with Crippen molar-refractivity contribution in [1.29, 1.82) is 0 Å². The summed E-state index contributed by atoms with van der Waals surface area (Å²) in [5.74, 6) is 0.335. The summed E-state index contributed by atoms with van der Waals surface area (Å²) < 4.78 is 40.0. The number of nitrogens with zero attached hydrogens (tertiary/aromatic N) is 7. The molecule has 0 atom stereocenters. The smallest absolute Gasteiger partial charge is 0.352 e. The number of hydrogen-bond donors (Lipinski definition) is 1. The number of anilines is 2. The Morgan fingerprint density at radius 3 is 2.67 bits per heavy atom. The molecule has 0 spiro atoms. The highest BCUT2D eigenvalue weighted by Crippen LogP contribution is 2.30. The van der Waals surface area contributed by atoms with Crippen LogP contribution >= 0.6 is 0 Å². The first-order valence-corrected chi connectivity index (χ1v) is 9.26. The molecule has 0 unspecified atom stereocenters. The van der Waals surface area contributed by atoms with Crippen molar-refractivity contribution in [3.05, 3.63) is 36.2 Å². The summed E-state index contributed by atoms with van der Waals surface area (Å²) in [6.07, 6.45) is -2.98. The highest BCUT2D eigenvalue weighted by atomic mass is 19.4. The van der Waals surface area contributed by atoms with E-state index in [-0.39, 0.29) is 18.1 Å². The average Bonchev–Trinajstić information content (AvgIpc) is 3.09. The number of hydrogen-bond acceptors (Lipinski definition) is 7. The first kappa shape index (κ1) is 20.0. The van der Waals surface area contributed by atoms with Crippen molar-refractivity contribution in [1.82, 2.24) is 29.9 Å². The van der Waals surface area contributed by atoms with Gasteiger partial charge >= 0.3 is 6.18 Å². The summed E-state index contributed by atoms with van der Waals surface area (Å²) in [4.78, 5) is 24.8. The summed E-state index contributed by atoms with van der Waals surface area (Å²) in [6.45, 7) is 2.54. The van der Waals surface area contributed by atoms with Crippen molar-refractivity contribution < 1.29 is 18.0 Å². The number of nitrogens with one attached hydrogen (secondary N) is 1. The molecule has 2 aromatic heterocycles. The van der Waals surface area contributed by atoms with Gasteiger partial charge in [-0.15, -0.1) is 5.10 Å². The molecule has 3 heterocycles. The number of halogens is 3. The molecule has 1 aromatic carbocycles. The number of carbonyl (C=O) groups excluding carboxylic acids is 1.